The van der Waals surface area contributed by atoms with Crippen LogP contribution in [-0.2, 0) is 9.59 Å². The molecule has 1 fully saturated rings. The summed E-state index contributed by atoms with van der Waals surface area (Å²) in [4.78, 5) is 24.3. The van der Waals surface area contributed by atoms with Gasteiger partial charge in [0, 0.05) is 12.5 Å². The first-order valence-corrected chi connectivity index (χ1v) is 7.93. The van der Waals surface area contributed by atoms with E-state index in [2.05, 4.69) is 4.90 Å². The Morgan fingerprint density at radius 1 is 1.27 bits per heavy atom. The van der Waals surface area contributed by atoms with Crippen molar-refractivity contribution in [3.63, 3.8) is 0 Å². The SMILES string of the molecule is NC(CCCCB(O)O)(CCN1CCC(C=O)CC1)C(=O)O. The number of piperidine rings is 1. The van der Waals surface area contributed by atoms with Crippen molar-refractivity contribution in [1.29, 1.82) is 0 Å². The van der Waals surface area contributed by atoms with Gasteiger partial charge in [-0.25, -0.2) is 0 Å². The summed E-state index contributed by atoms with van der Waals surface area (Å²) in [7, 11) is -1.35. The third-order valence-corrected chi connectivity index (χ3v) is 4.46. The molecular formula is C14H27BN2O5. The molecule has 0 bridgehead atoms. The Kier molecular flexibility index (Phi) is 8.02. The van der Waals surface area contributed by atoms with E-state index in [0.717, 1.165) is 32.2 Å². The molecule has 0 radical (unpaired) electrons. The number of nitrogens with zero attached hydrogens (tertiary/aromatic N) is 1. The lowest BCUT2D eigenvalue weighted by molar-refractivity contribution is -0.144. The lowest BCUT2D eigenvalue weighted by Gasteiger charge is -2.33. The van der Waals surface area contributed by atoms with Gasteiger partial charge in [-0.15, -0.1) is 0 Å². The molecule has 0 spiro atoms. The standard InChI is InChI=1S/C14H27BN2O5/c16-14(13(19)20,5-1-2-7-15(21)22)6-10-17-8-3-12(11-18)4-9-17/h11-12,21-22H,1-10,16H2,(H,19,20). The number of carboxylic acids is 1. The number of aldehydes is 1. The van der Waals surface area contributed by atoms with Crippen molar-refractivity contribution < 1.29 is 24.7 Å². The number of aliphatic carboxylic acids is 1. The Hall–Kier alpha value is -0.955. The molecule has 22 heavy (non-hydrogen) atoms. The number of rotatable bonds is 10. The summed E-state index contributed by atoms with van der Waals surface area (Å²) >= 11 is 0. The van der Waals surface area contributed by atoms with Crippen molar-refractivity contribution in [2.24, 2.45) is 11.7 Å². The van der Waals surface area contributed by atoms with Gasteiger partial charge in [-0.3, -0.25) is 4.79 Å². The molecule has 1 aliphatic heterocycles. The molecular weight excluding hydrogens is 287 g/mol. The van der Waals surface area contributed by atoms with Crippen molar-refractivity contribution in [2.45, 2.75) is 50.4 Å². The molecule has 5 N–H and O–H groups in total. The smallest absolute Gasteiger partial charge is 0.451 e. The van der Waals surface area contributed by atoms with E-state index in [9.17, 15) is 14.7 Å². The number of hydrogen-bond donors (Lipinski definition) is 4. The predicted molar refractivity (Wildman–Crippen MR) is 83.2 cm³/mol. The molecule has 126 valence electrons. The van der Waals surface area contributed by atoms with Gasteiger partial charge in [0.1, 0.15) is 11.8 Å². The van der Waals surface area contributed by atoms with Crippen LogP contribution in [0.3, 0.4) is 0 Å². The van der Waals surface area contributed by atoms with Crippen LogP contribution in [0.25, 0.3) is 0 Å². The predicted octanol–water partition coefficient (Wildman–Crippen LogP) is -0.287. The summed E-state index contributed by atoms with van der Waals surface area (Å²) in [6, 6.07) is 0. The molecule has 0 aromatic heterocycles. The van der Waals surface area contributed by atoms with Gasteiger partial charge in [-0.2, -0.15) is 0 Å². The van der Waals surface area contributed by atoms with Crippen LogP contribution in [0.1, 0.15) is 38.5 Å². The molecule has 0 saturated carbocycles. The fraction of sp³-hybridized carbons (Fsp3) is 0.857. The number of carbonyl (C=O) groups excluding carboxylic acids is 1. The number of carboxylic acid groups (broad SMARTS) is 1. The zero-order chi connectivity index (χ0) is 16.6. The van der Waals surface area contributed by atoms with E-state index in [0.29, 0.717) is 32.2 Å². The molecule has 1 aliphatic rings. The van der Waals surface area contributed by atoms with Crippen LogP contribution in [0.4, 0.5) is 0 Å². The van der Waals surface area contributed by atoms with Crippen molar-refractivity contribution >= 4 is 19.4 Å². The summed E-state index contributed by atoms with van der Waals surface area (Å²) in [6.45, 7) is 2.21. The monoisotopic (exact) mass is 314 g/mol. The Bertz CT molecular complexity index is 361. The first-order chi connectivity index (χ1) is 10.4. The van der Waals surface area contributed by atoms with E-state index < -0.39 is 18.6 Å². The summed E-state index contributed by atoms with van der Waals surface area (Å²) < 4.78 is 0. The van der Waals surface area contributed by atoms with Crippen LogP contribution in [-0.4, -0.2) is 64.6 Å². The Morgan fingerprint density at radius 2 is 1.91 bits per heavy atom. The highest BCUT2D eigenvalue weighted by Gasteiger charge is 2.34. The second-order valence-corrected chi connectivity index (χ2v) is 6.25. The molecule has 0 aliphatic carbocycles. The van der Waals surface area contributed by atoms with Gasteiger partial charge in [0.25, 0.3) is 0 Å². The van der Waals surface area contributed by atoms with Gasteiger partial charge in [0.2, 0.25) is 0 Å². The number of hydrogen-bond acceptors (Lipinski definition) is 6. The Balaban J connectivity index is 2.36. The highest BCUT2D eigenvalue weighted by Crippen LogP contribution is 2.21. The van der Waals surface area contributed by atoms with Crippen LogP contribution in [0.15, 0.2) is 0 Å². The Morgan fingerprint density at radius 3 is 2.41 bits per heavy atom. The van der Waals surface area contributed by atoms with E-state index in [-0.39, 0.29) is 12.2 Å². The van der Waals surface area contributed by atoms with E-state index >= 15 is 0 Å². The van der Waals surface area contributed by atoms with Gasteiger partial charge in [-0.1, -0.05) is 12.8 Å². The largest absolute Gasteiger partial charge is 0.480 e. The average Bonchev–Trinajstić information content (AvgIpc) is 2.49. The normalized spacial score (nSPS) is 19.6. The summed E-state index contributed by atoms with van der Waals surface area (Å²) in [5, 5.41) is 26.9. The number of likely N-dealkylation sites (tertiary alicyclic amines) is 1. The second kappa shape index (κ2) is 9.24. The lowest BCUT2D eigenvalue weighted by atomic mass is 9.81. The fourth-order valence-electron chi connectivity index (χ4n) is 2.78. The zero-order valence-corrected chi connectivity index (χ0v) is 13.0. The lowest BCUT2D eigenvalue weighted by Crippen LogP contribution is -2.50. The third-order valence-electron chi connectivity index (χ3n) is 4.46. The first kappa shape index (κ1) is 19.1. The molecule has 0 amide bonds. The average molecular weight is 314 g/mol. The van der Waals surface area contributed by atoms with Crippen LogP contribution >= 0.6 is 0 Å². The number of unbranched alkanes of at least 4 members (excludes halogenated alkanes) is 1. The summed E-state index contributed by atoms with van der Waals surface area (Å²) in [5.74, 6) is -0.886. The van der Waals surface area contributed by atoms with E-state index in [1.54, 1.807) is 0 Å². The van der Waals surface area contributed by atoms with Crippen LogP contribution in [0, 0.1) is 5.92 Å². The molecule has 7 nitrogen and oxygen atoms in total. The second-order valence-electron chi connectivity index (χ2n) is 6.25. The van der Waals surface area contributed by atoms with Crippen molar-refractivity contribution in [3.05, 3.63) is 0 Å². The minimum atomic E-state index is -1.35. The van der Waals surface area contributed by atoms with E-state index in [4.69, 9.17) is 15.8 Å². The topological polar surface area (TPSA) is 124 Å². The van der Waals surface area contributed by atoms with Crippen molar-refractivity contribution in [2.75, 3.05) is 19.6 Å². The van der Waals surface area contributed by atoms with Gasteiger partial charge in [0.05, 0.1) is 0 Å². The fourth-order valence-corrected chi connectivity index (χ4v) is 2.78. The van der Waals surface area contributed by atoms with E-state index in [1.807, 2.05) is 0 Å². The van der Waals surface area contributed by atoms with Gasteiger partial charge < -0.3 is 30.6 Å². The maximum atomic E-state index is 11.4. The molecule has 1 atom stereocenters. The van der Waals surface area contributed by atoms with Crippen molar-refractivity contribution in [1.82, 2.24) is 4.90 Å². The molecule has 1 saturated heterocycles. The molecule has 1 rings (SSSR count). The molecule has 1 unspecified atom stereocenters. The van der Waals surface area contributed by atoms with Crippen molar-refractivity contribution in [3.8, 4) is 0 Å². The highest BCUT2D eigenvalue weighted by atomic mass is 16.4. The Labute approximate surface area is 131 Å². The minimum absolute atomic E-state index is 0.128. The maximum absolute atomic E-state index is 11.4. The molecule has 1 heterocycles. The maximum Gasteiger partial charge on any atom is 0.451 e. The van der Waals surface area contributed by atoms with Crippen LogP contribution in [0.5, 0.6) is 0 Å². The van der Waals surface area contributed by atoms with Gasteiger partial charge >= 0.3 is 13.1 Å². The quantitative estimate of drug-likeness (QED) is 0.248. The van der Waals surface area contributed by atoms with Gasteiger partial charge in [0.15, 0.2) is 0 Å². The van der Waals surface area contributed by atoms with Crippen LogP contribution < -0.4 is 5.73 Å². The number of nitrogens with two attached hydrogens (primary N) is 1. The molecule has 0 aromatic rings. The first-order valence-electron chi connectivity index (χ1n) is 7.93. The minimum Gasteiger partial charge on any atom is -0.480 e. The number of carbonyl (C=O) groups is 2. The van der Waals surface area contributed by atoms with Gasteiger partial charge in [-0.05, 0) is 45.1 Å². The highest BCUT2D eigenvalue weighted by molar-refractivity contribution is 6.40. The van der Waals surface area contributed by atoms with E-state index in [1.165, 1.54) is 0 Å². The third kappa shape index (κ3) is 6.43. The zero-order valence-electron chi connectivity index (χ0n) is 13.0. The summed E-state index contributed by atoms with van der Waals surface area (Å²) in [6.07, 6.45) is 4.63. The van der Waals surface area contributed by atoms with Crippen LogP contribution in [0.2, 0.25) is 6.32 Å². The molecule has 8 heteroatoms. The summed E-state index contributed by atoms with van der Waals surface area (Å²) in [5.41, 5.74) is 4.75. The molecule has 0 aromatic carbocycles.